The summed E-state index contributed by atoms with van der Waals surface area (Å²) >= 11 is 0. The van der Waals surface area contributed by atoms with Crippen molar-refractivity contribution in [3.63, 3.8) is 0 Å². The highest BCUT2D eigenvalue weighted by atomic mass is 16.5. The van der Waals surface area contributed by atoms with E-state index >= 15 is 0 Å². The number of nitrogens with zero attached hydrogens (tertiary/aromatic N) is 2. The van der Waals surface area contributed by atoms with Gasteiger partial charge in [-0.05, 0) is 6.92 Å². The van der Waals surface area contributed by atoms with E-state index < -0.39 is 0 Å². The molecule has 0 aliphatic carbocycles. The van der Waals surface area contributed by atoms with Crippen molar-refractivity contribution < 1.29 is 9.84 Å². The first-order valence-electron chi connectivity index (χ1n) is 5.15. The van der Waals surface area contributed by atoms with Gasteiger partial charge < -0.3 is 19.7 Å². The van der Waals surface area contributed by atoms with Gasteiger partial charge in [0.25, 0.3) is 0 Å². The molecule has 5 heteroatoms. The maximum atomic E-state index is 8.50. The minimum absolute atomic E-state index is 0.0783. The second-order valence-electron chi connectivity index (χ2n) is 3.41. The third kappa shape index (κ3) is 3.99. The van der Waals surface area contributed by atoms with Gasteiger partial charge in [0.1, 0.15) is 5.82 Å². The fourth-order valence-corrected chi connectivity index (χ4v) is 1.40. The molecule has 0 saturated heterocycles. The van der Waals surface area contributed by atoms with Crippen molar-refractivity contribution in [3.05, 3.63) is 18.2 Å². The molecular weight excluding hydrogens is 194 g/mol. The second kappa shape index (κ2) is 6.55. The van der Waals surface area contributed by atoms with Gasteiger partial charge in [-0.1, -0.05) is 0 Å². The zero-order chi connectivity index (χ0) is 11.1. The Bertz CT molecular complexity index is 275. The van der Waals surface area contributed by atoms with Crippen LogP contribution < -0.4 is 5.32 Å². The Balaban J connectivity index is 2.19. The Morgan fingerprint density at radius 1 is 1.60 bits per heavy atom. The lowest BCUT2D eigenvalue weighted by atomic mass is 10.3. The summed E-state index contributed by atoms with van der Waals surface area (Å²) in [5.41, 5.74) is 0. The summed E-state index contributed by atoms with van der Waals surface area (Å²) in [5, 5.41) is 11.8. The molecule has 5 nitrogen and oxygen atoms in total. The fraction of sp³-hybridized carbons (Fsp3) is 0.700. The molecule has 1 aromatic heterocycles. The third-order valence-electron chi connectivity index (χ3n) is 2.18. The summed E-state index contributed by atoms with van der Waals surface area (Å²) in [4.78, 5) is 4.25. The van der Waals surface area contributed by atoms with E-state index in [1.807, 2.05) is 17.8 Å². The van der Waals surface area contributed by atoms with E-state index in [-0.39, 0.29) is 12.6 Å². The van der Waals surface area contributed by atoms with Crippen LogP contribution in [0.25, 0.3) is 0 Å². The molecule has 1 atom stereocenters. The molecule has 15 heavy (non-hydrogen) atoms. The number of aliphatic hydroxyl groups excluding tert-OH is 1. The minimum atomic E-state index is 0.0783. The van der Waals surface area contributed by atoms with E-state index in [4.69, 9.17) is 9.84 Å². The topological polar surface area (TPSA) is 59.3 Å². The fourth-order valence-electron chi connectivity index (χ4n) is 1.40. The number of hydrogen-bond acceptors (Lipinski definition) is 4. The van der Waals surface area contributed by atoms with Crippen LogP contribution in [-0.2, 0) is 11.8 Å². The average Bonchev–Trinajstić information content (AvgIpc) is 2.64. The van der Waals surface area contributed by atoms with Crippen molar-refractivity contribution in [2.45, 2.75) is 13.0 Å². The largest absolute Gasteiger partial charge is 0.394 e. The van der Waals surface area contributed by atoms with Crippen molar-refractivity contribution in [3.8, 4) is 0 Å². The lowest BCUT2D eigenvalue weighted by Crippen LogP contribution is -2.25. The van der Waals surface area contributed by atoms with Crippen molar-refractivity contribution in [2.75, 3.05) is 26.4 Å². The standard InChI is InChI=1S/C10H19N3O2/c1-9(10-12-3-5-13(10)2)11-4-7-15-8-6-14/h3,5,9,11,14H,4,6-8H2,1-2H3. The van der Waals surface area contributed by atoms with Crippen molar-refractivity contribution in [1.82, 2.24) is 14.9 Å². The van der Waals surface area contributed by atoms with Crippen molar-refractivity contribution >= 4 is 0 Å². The van der Waals surface area contributed by atoms with Gasteiger partial charge in [-0.15, -0.1) is 0 Å². The van der Waals surface area contributed by atoms with Crippen LogP contribution in [0.4, 0.5) is 0 Å². The number of aliphatic hydroxyl groups is 1. The first-order valence-corrected chi connectivity index (χ1v) is 5.15. The molecule has 1 unspecified atom stereocenters. The second-order valence-corrected chi connectivity index (χ2v) is 3.41. The predicted octanol–water partition coefficient (Wildman–Crippen LogP) is 0.0796. The van der Waals surface area contributed by atoms with Crippen LogP contribution in [-0.4, -0.2) is 41.0 Å². The summed E-state index contributed by atoms with van der Waals surface area (Å²) in [7, 11) is 1.97. The third-order valence-corrected chi connectivity index (χ3v) is 2.18. The molecule has 0 aromatic carbocycles. The van der Waals surface area contributed by atoms with Crippen LogP contribution in [0, 0.1) is 0 Å². The van der Waals surface area contributed by atoms with E-state index in [9.17, 15) is 0 Å². The lowest BCUT2D eigenvalue weighted by molar-refractivity contribution is 0.0927. The quantitative estimate of drug-likeness (QED) is 0.630. The van der Waals surface area contributed by atoms with Gasteiger partial charge >= 0.3 is 0 Å². The molecule has 1 rings (SSSR count). The zero-order valence-corrected chi connectivity index (χ0v) is 9.31. The molecule has 86 valence electrons. The van der Waals surface area contributed by atoms with Gasteiger partial charge in [0.15, 0.2) is 0 Å². The molecule has 0 saturated carbocycles. The van der Waals surface area contributed by atoms with E-state index in [0.29, 0.717) is 13.2 Å². The Kier molecular flexibility index (Phi) is 5.31. The zero-order valence-electron chi connectivity index (χ0n) is 9.31. The molecule has 1 heterocycles. The van der Waals surface area contributed by atoms with Crippen LogP contribution in [0.3, 0.4) is 0 Å². The Morgan fingerprint density at radius 2 is 2.40 bits per heavy atom. The maximum Gasteiger partial charge on any atom is 0.125 e. The van der Waals surface area contributed by atoms with Gasteiger partial charge in [-0.25, -0.2) is 4.98 Å². The van der Waals surface area contributed by atoms with Crippen LogP contribution in [0.2, 0.25) is 0 Å². The highest BCUT2D eigenvalue weighted by molar-refractivity contribution is 4.96. The van der Waals surface area contributed by atoms with E-state index in [2.05, 4.69) is 17.2 Å². The number of hydrogen-bond donors (Lipinski definition) is 2. The Hall–Kier alpha value is -0.910. The smallest absolute Gasteiger partial charge is 0.125 e. The average molecular weight is 213 g/mol. The van der Waals surface area contributed by atoms with E-state index in [1.165, 1.54) is 0 Å². The molecule has 0 aliphatic heterocycles. The van der Waals surface area contributed by atoms with Crippen LogP contribution in [0.15, 0.2) is 12.4 Å². The molecule has 0 amide bonds. The molecule has 0 bridgehead atoms. The first kappa shape index (κ1) is 12.2. The summed E-state index contributed by atoms with van der Waals surface area (Å²) in [6, 6.07) is 0.211. The van der Waals surface area contributed by atoms with Gasteiger partial charge in [0.05, 0.1) is 25.9 Å². The molecule has 2 N–H and O–H groups in total. The molecule has 0 fully saturated rings. The molecule has 0 spiro atoms. The summed E-state index contributed by atoms with van der Waals surface area (Å²) < 4.78 is 7.13. The number of nitrogens with one attached hydrogen (secondary N) is 1. The Morgan fingerprint density at radius 3 is 3.00 bits per heavy atom. The van der Waals surface area contributed by atoms with E-state index in [1.54, 1.807) is 6.20 Å². The highest BCUT2D eigenvalue weighted by Crippen LogP contribution is 2.07. The normalized spacial score (nSPS) is 13.0. The predicted molar refractivity (Wildman–Crippen MR) is 57.5 cm³/mol. The SMILES string of the molecule is CC(NCCOCCO)c1nccn1C. The molecular formula is C10H19N3O2. The monoisotopic (exact) mass is 213 g/mol. The molecule has 0 radical (unpaired) electrons. The van der Waals surface area contributed by atoms with Crippen molar-refractivity contribution in [1.29, 1.82) is 0 Å². The summed E-state index contributed by atoms with van der Waals surface area (Å²) in [6.07, 6.45) is 3.71. The highest BCUT2D eigenvalue weighted by Gasteiger charge is 2.08. The number of rotatable bonds is 7. The van der Waals surface area contributed by atoms with E-state index in [0.717, 1.165) is 12.4 Å². The van der Waals surface area contributed by atoms with Crippen LogP contribution in [0.5, 0.6) is 0 Å². The number of imidazole rings is 1. The number of ether oxygens (including phenoxy) is 1. The van der Waals surface area contributed by atoms with Crippen molar-refractivity contribution in [2.24, 2.45) is 7.05 Å². The van der Waals surface area contributed by atoms with Gasteiger partial charge in [-0.2, -0.15) is 0 Å². The van der Waals surface area contributed by atoms with Crippen LogP contribution >= 0.6 is 0 Å². The number of aromatic nitrogens is 2. The van der Waals surface area contributed by atoms with Gasteiger partial charge in [-0.3, -0.25) is 0 Å². The molecule has 0 aliphatic rings. The van der Waals surface area contributed by atoms with Gasteiger partial charge in [0, 0.05) is 26.0 Å². The maximum absolute atomic E-state index is 8.50. The summed E-state index contributed by atoms with van der Waals surface area (Å²) in [6.45, 7) is 3.91. The van der Waals surface area contributed by atoms with Crippen LogP contribution in [0.1, 0.15) is 18.8 Å². The summed E-state index contributed by atoms with van der Waals surface area (Å²) in [5.74, 6) is 1.01. The molecule has 1 aromatic rings. The number of aryl methyl sites for hydroxylation is 1. The Labute approximate surface area is 90.1 Å². The minimum Gasteiger partial charge on any atom is -0.394 e. The first-order chi connectivity index (χ1) is 7.25. The lowest BCUT2D eigenvalue weighted by Gasteiger charge is -2.13. The van der Waals surface area contributed by atoms with Gasteiger partial charge in [0.2, 0.25) is 0 Å².